The molecule has 3 aliphatic heterocycles. The van der Waals surface area contributed by atoms with Crippen molar-refractivity contribution in [2.45, 2.75) is 149 Å². The van der Waals surface area contributed by atoms with Gasteiger partial charge >= 0.3 is 0 Å². The molecule has 16 N–H and O–H groups in total. The first-order valence-electron chi connectivity index (χ1n) is 15.1. The molecule has 0 bridgehead atoms. The van der Waals surface area contributed by atoms with Gasteiger partial charge in [-0.2, -0.15) is 0 Å². The van der Waals surface area contributed by atoms with E-state index in [4.69, 9.17) is 57.1 Å². The molecule has 17 nitrogen and oxygen atoms in total. The van der Waals surface area contributed by atoms with E-state index in [0.717, 1.165) is 0 Å². The summed E-state index contributed by atoms with van der Waals surface area (Å²) in [5.41, 5.74) is 30.4. The van der Waals surface area contributed by atoms with Crippen LogP contribution in [0, 0.1) is 0 Å². The number of nitrogens with two attached hydrogens (primary N) is 5. The molecule has 19 atom stereocenters. The Balaban J connectivity index is 1.51. The largest absolute Gasteiger partial charge is 0.389 e. The second kappa shape index (κ2) is 14.9. The van der Waals surface area contributed by atoms with E-state index in [0.29, 0.717) is 20.0 Å². The van der Waals surface area contributed by atoms with Gasteiger partial charge in [0.15, 0.2) is 18.9 Å². The van der Waals surface area contributed by atoms with Crippen molar-refractivity contribution in [1.29, 1.82) is 0 Å². The van der Waals surface area contributed by atoms with Crippen LogP contribution < -0.4 is 28.7 Å². The van der Waals surface area contributed by atoms with Gasteiger partial charge in [0.25, 0.3) is 0 Å². The van der Waals surface area contributed by atoms with Gasteiger partial charge in [-0.25, -0.2) is 0 Å². The molecule has 1 saturated carbocycles. The number of aliphatic hydroxyl groups excluding tert-OH is 6. The molecular weight excluding hydrogens is 573 g/mol. The minimum Gasteiger partial charge on any atom is -0.389 e. The molecule has 0 spiro atoms. The van der Waals surface area contributed by atoms with Crippen LogP contribution in [-0.4, -0.2) is 161 Å². The van der Waals surface area contributed by atoms with E-state index in [-0.39, 0.29) is 13.0 Å². The maximum Gasteiger partial charge on any atom is 0.187 e. The van der Waals surface area contributed by atoms with Gasteiger partial charge in [-0.15, -0.1) is 0 Å². The van der Waals surface area contributed by atoms with Crippen LogP contribution in [0.3, 0.4) is 0 Å². The van der Waals surface area contributed by atoms with Crippen molar-refractivity contribution in [2.75, 3.05) is 6.54 Å². The molecule has 43 heavy (non-hydrogen) atoms. The molecule has 4 rings (SSSR count). The van der Waals surface area contributed by atoms with E-state index in [1.54, 1.807) is 6.92 Å². The summed E-state index contributed by atoms with van der Waals surface area (Å²) in [6, 6.07) is -3.86. The minimum atomic E-state index is -1.43. The predicted octanol–water partition coefficient (Wildman–Crippen LogP) is -6.53. The number of rotatable bonds is 10. The lowest BCUT2D eigenvalue weighted by Crippen LogP contribution is -2.67. The second-order valence-corrected chi connectivity index (χ2v) is 12.0. The van der Waals surface area contributed by atoms with E-state index in [1.807, 2.05) is 6.82 Å². The highest BCUT2D eigenvalue weighted by atomic mass is 16.8. The maximum atomic E-state index is 11.3. The third-order valence-electron chi connectivity index (χ3n) is 8.93. The smallest absolute Gasteiger partial charge is 0.187 e. The minimum absolute atomic E-state index is 0.108. The van der Waals surface area contributed by atoms with Gasteiger partial charge in [-0.1, -0.05) is 13.7 Å². The summed E-state index contributed by atoms with van der Waals surface area (Å²) in [7, 11) is 0.644. The Kier molecular flexibility index (Phi) is 12.2. The van der Waals surface area contributed by atoms with Crippen LogP contribution in [0.1, 0.15) is 19.8 Å². The summed E-state index contributed by atoms with van der Waals surface area (Å²) in [5.74, 6) is 0. The molecular formula is C25H50BN5O12. The van der Waals surface area contributed by atoms with Crippen molar-refractivity contribution < 1.29 is 59.1 Å². The molecule has 18 heteroatoms. The van der Waals surface area contributed by atoms with Gasteiger partial charge in [0.05, 0.1) is 30.4 Å². The summed E-state index contributed by atoms with van der Waals surface area (Å²) in [6.07, 6.45) is -16.6. The topological polar surface area (TPSA) is 307 Å². The quantitative estimate of drug-likeness (QED) is 0.101. The van der Waals surface area contributed by atoms with Crippen LogP contribution in [0.5, 0.6) is 0 Å². The van der Waals surface area contributed by atoms with Gasteiger partial charge in [-0.05, 0) is 19.2 Å². The molecule has 0 amide bonds. The second-order valence-electron chi connectivity index (χ2n) is 12.0. The summed E-state index contributed by atoms with van der Waals surface area (Å²) in [6.45, 7) is 3.57. The summed E-state index contributed by atoms with van der Waals surface area (Å²) >= 11 is 0. The zero-order valence-electron chi connectivity index (χ0n) is 24.5. The van der Waals surface area contributed by atoms with Crippen molar-refractivity contribution >= 4 is 7.28 Å². The van der Waals surface area contributed by atoms with Crippen LogP contribution >= 0.6 is 0 Å². The van der Waals surface area contributed by atoms with Crippen molar-refractivity contribution in [2.24, 2.45) is 28.7 Å². The molecule has 0 aromatic rings. The zero-order chi connectivity index (χ0) is 31.7. The highest BCUT2D eigenvalue weighted by Gasteiger charge is 2.54. The fraction of sp³-hybridized carbons (Fsp3) is 1.00. The lowest BCUT2D eigenvalue weighted by Gasteiger charge is -2.47. The first kappa shape index (κ1) is 35.2. The molecule has 0 radical (unpaired) electrons. The number of hydrogen-bond donors (Lipinski definition) is 11. The van der Waals surface area contributed by atoms with Gasteiger partial charge in [0.2, 0.25) is 0 Å². The zero-order valence-corrected chi connectivity index (χ0v) is 24.5. The first-order chi connectivity index (χ1) is 20.3. The molecule has 1 aliphatic carbocycles. The molecule has 4 fully saturated rings. The van der Waals surface area contributed by atoms with E-state index in [1.165, 1.54) is 0 Å². The molecule has 250 valence electrons. The molecule has 11 unspecified atom stereocenters. The van der Waals surface area contributed by atoms with Crippen LogP contribution in [0.4, 0.5) is 0 Å². The SMILES string of the molecule is CBC[C@H]1OC(O[C@H]2C(OC3OC(CC)C(O)[C@@H](O)[C@@H]3N)C(N)CC(N)[C@H]2O)[C@@H](O)[C@H]1OC1O[C@@H](CN)C(O)C(O)C1N. The maximum absolute atomic E-state index is 11.3. The molecule has 4 aliphatic rings. The van der Waals surface area contributed by atoms with Crippen molar-refractivity contribution in [3.63, 3.8) is 0 Å². The normalized spacial score (nSPS) is 52.7. The van der Waals surface area contributed by atoms with Gasteiger partial charge in [-0.3, -0.25) is 0 Å². The average Bonchev–Trinajstić information content (AvgIpc) is 3.26. The summed E-state index contributed by atoms with van der Waals surface area (Å²) in [5, 5.41) is 63.8. The van der Waals surface area contributed by atoms with Crippen molar-refractivity contribution in [3.05, 3.63) is 0 Å². The highest BCUT2D eigenvalue weighted by molar-refractivity contribution is 6.33. The summed E-state index contributed by atoms with van der Waals surface area (Å²) < 4.78 is 35.8. The lowest BCUT2D eigenvalue weighted by molar-refractivity contribution is -0.308. The fourth-order valence-corrected chi connectivity index (χ4v) is 6.26. The number of ether oxygens (including phenoxy) is 6. The summed E-state index contributed by atoms with van der Waals surface area (Å²) in [4.78, 5) is 0. The van der Waals surface area contributed by atoms with Gasteiger partial charge in [0, 0.05) is 18.6 Å². The predicted molar refractivity (Wildman–Crippen MR) is 150 cm³/mol. The van der Waals surface area contributed by atoms with E-state index in [9.17, 15) is 30.6 Å². The highest BCUT2D eigenvalue weighted by Crippen LogP contribution is 2.35. The monoisotopic (exact) mass is 623 g/mol. The fourth-order valence-electron chi connectivity index (χ4n) is 6.26. The average molecular weight is 624 g/mol. The molecule has 3 saturated heterocycles. The van der Waals surface area contributed by atoms with Crippen molar-refractivity contribution in [1.82, 2.24) is 0 Å². The van der Waals surface area contributed by atoms with E-state index in [2.05, 4.69) is 0 Å². The van der Waals surface area contributed by atoms with Crippen LogP contribution in [-0.2, 0) is 28.4 Å². The third kappa shape index (κ3) is 7.21. The van der Waals surface area contributed by atoms with E-state index < -0.39 is 116 Å². The standard InChI is InChI=1S/C25H50BN5O12/c1-3-9-15(33)17(35)12(30)23(38-9)41-20-8(29)4-7(28)14(32)22(20)43-25-19(37)21(10(39-25)5-26-2)42-24-13(31)18(36)16(34)11(6-27)40-24/h7-26,32-37H,3-6,27-31H2,1-2H3/t7?,8?,9?,10-,11+,12+,13?,14-,15?,16?,17+,18?,19+,20?,21+,22-,23?,24?,25?/m1/s1. The molecule has 0 aromatic heterocycles. The Hall–Kier alpha value is -0.615. The number of hydrogen-bond acceptors (Lipinski definition) is 17. The third-order valence-corrected chi connectivity index (χ3v) is 8.93. The van der Waals surface area contributed by atoms with Crippen LogP contribution in [0.15, 0.2) is 0 Å². The lowest BCUT2D eigenvalue weighted by atomic mass is 9.74. The van der Waals surface area contributed by atoms with Gasteiger partial charge < -0.3 is 87.7 Å². The van der Waals surface area contributed by atoms with Gasteiger partial charge in [0.1, 0.15) is 62.2 Å². The Labute approximate surface area is 251 Å². The Bertz CT molecular complexity index is 886. The Morgan fingerprint density at radius 3 is 1.70 bits per heavy atom. The Morgan fingerprint density at radius 1 is 0.628 bits per heavy atom. The molecule has 3 heterocycles. The van der Waals surface area contributed by atoms with E-state index >= 15 is 0 Å². The Morgan fingerprint density at radius 2 is 1.14 bits per heavy atom. The van der Waals surface area contributed by atoms with Crippen LogP contribution in [0.2, 0.25) is 13.1 Å². The molecule has 0 aromatic carbocycles. The number of aliphatic hydroxyl groups is 6. The first-order valence-corrected chi connectivity index (χ1v) is 15.1. The van der Waals surface area contributed by atoms with Crippen LogP contribution in [0.25, 0.3) is 0 Å². The van der Waals surface area contributed by atoms with Crippen molar-refractivity contribution in [3.8, 4) is 0 Å².